The van der Waals surface area contributed by atoms with Crippen LogP contribution >= 0.6 is 11.3 Å². The largest absolute Gasteiger partial charge is 0.430 e. The van der Waals surface area contributed by atoms with Crippen LogP contribution in [0.4, 0.5) is 22.2 Å². The Labute approximate surface area is 166 Å². The topological polar surface area (TPSA) is 110 Å². The van der Waals surface area contributed by atoms with Gasteiger partial charge in [0.25, 0.3) is 0 Å². The van der Waals surface area contributed by atoms with Gasteiger partial charge in [0, 0.05) is 18.8 Å². The van der Waals surface area contributed by atoms with Gasteiger partial charge in [-0.2, -0.15) is 4.98 Å². The van der Waals surface area contributed by atoms with Gasteiger partial charge in [-0.05, 0) is 25.5 Å². The van der Waals surface area contributed by atoms with E-state index in [2.05, 4.69) is 25.2 Å². The summed E-state index contributed by atoms with van der Waals surface area (Å²) in [4.78, 5) is 33.4. The fourth-order valence-electron chi connectivity index (χ4n) is 3.18. The van der Waals surface area contributed by atoms with Crippen LogP contribution in [0.1, 0.15) is 11.1 Å². The number of hydrogen-bond acceptors (Lipinski definition) is 9. The number of thiazole rings is 1. The van der Waals surface area contributed by atoms with E-state index in [4.69, 9.17) is 10.6 Å². The van der Waals surface area contributed by atoms with Crippen molar-refractivity contribution >= 4 is 45.2 Å². The second kappa shape index (κ2) is 7.56. The molecule has 0 bridgehead atoms. The van der Waals surface area contributed by atoms with Crippen LogP contribution in [-0.2, 0) is 4.84 Å². The van der Waals surface area contributed by atoms with Crippen LogP contribution in [0.3, 0.4) is 0 Å². The fourth-order valence-corrected chi connectivity index (χ4v) is 3.84. The first-order valence-electron chi connectivity index (χ1n) is 8.92. The molecule has 0 saturated carbocycles. The Bertz CT molecular complexity index is 1010. The normalized spacial score (nSPS) is 15.0. The zero-order valence-electron chi connectivity index (χ0n) is 15.7. The average molecular weight is 399 g/mol. The first-order valence-corrected chi connectivity index (χ1v) is 9.80. The van der Waals surface area contributed by atoms with Crippen molar-refractivity contribution in [2.24, 2.45) is 0 Å². The van der Waals surface area contributed by atoms with Gasteiger partial charge >= 0.3 is 6.09 Å². The number of hydrogen-bond donors (Lipinski definition) is 2. The molecule has 2 aromatic heterocycles. The lowest BCUT2D eigenvalue weighted by Crippen LogP contribution is -2.47. The first-order chi connectivity index (χ1) is 13.5. The Kier molecular flexibility index (Phi) is 4.97. The Morgan fingerprint density at radius 2 is 2.00 bits per heavy atom. The zero-order chi connectivity index (χ0) is 19.7. The summed E-state index contributed by atoms with van der Waals surface area (Å²) >= 11 is 1.43. The highest BCUT2D eigenvalue weighted by Gasteiger charge is 2.24. The Morgan fingerprint density at radius 1 is 1.21 bits per heavy atom. The maximum Gasteiger partial charge on any atom is 0.430 e. The number of carbonyl (C=O) groups excluding carboxylic acids is 1. The van der Waals surface area contributed by atoms with Crippen molar-refractivity contribution in [2.45, 2.75) is 13.8 Å². The highest BCUT2D eigenvalue weighted by Crippen LogP contribution is 2.26. The van der Waals surface area contributed by atoms with E-state index in [1.54, 1.807) is 10.6 Å². The van der Waals surface area contributed by atoms with Crippen molar-refractivity contribution in [3.8, 4) is 0 Å². The maximum atomic E-state index is 12.2. The van der Waals surface area contributed by atoms with E-state index in [-0.39, 0.29) is 5.95 Å². The molecule has 0 aliphatic carbocycles. The molecule has 3 aromatic rings. The van der Waals surface area contributed by atoms with Crippen LogP contribution in [0, 0.1) is 13.8 Å². The lowest BCUT2D eigenvalue weighted by Gasteiger charge is -2.33. The lowest BCUT2D eigenvalue weighted by atomic mass is 10.1. The van der Waals surface area contributed by atoms with Gasteiger partial charge < -0.3 is 15.5 Å². The number of nitrogen functional groups attached to an aromatic ring is 1. The molecule has 0 radical (unpaired) electrons. The molecule has 0 spiro atoms. The summed E-state index contributed by atoms with van der Waals surface area (Å²) in [6.45, 7) is 6.35. The predicted octanol–water partition coefficient (Wildman–Crippen LogP) is 2.57. The molecule has 9 nitrogen and oxygen atoms in total. The molecule has 1 aliphatic heterocycles. The van der Waals surface area contributed by atoms with Gasteiger partial charge in [-0.3, -0.25) is 5.32 Å². The second-order valence-corrected chi connectivity index (χ2v) is 7.48. The summed E-state index contributed by atoms with van der Waals surface area (Å²) in [6.07, 6.45) is -0.492. The van der Waals surface area contributed by atoms with Crippen molar-refractivity contribution in [1.29, 1.82) is 0 Å². The number of hydroxylamine groups is 2. The summed E-state index contributed by atoms with van der Waals surface area (Å²) < 4.78 is 0. The minimum Gasteiger partial charge on any atom is -0.368 e. The maximum absolute atomic E-state index is 12.2. The molecule has 10 heteroatoms. The number of nitrogens with one attached hydrogen (secondary N) is 1. The van der Waals surface area contributed by atoms with Gasteiger partial charge in [0.15, 0.2) is 10.6 Å². The summed E-state index contributed by atoms with van der Waals surface area (Å²) in [5.41, 5.74) is 11.2. The minimum absolute atomic E-state index is 0.235. The Morgan fingerprint density at radius 3 is 2.75 bits per heavy atom. The molecular formula is C18H21N7O2S. The predicted molar refractivity (Wildman–Crippen MR) is 109 cm³/mol. The molecule has 3 N–H and O–H groups in total. The van der Waals surface area contributed by atoms with E-state index in [1.165, 1.54) is 11.3 Å². The van der Waals surface area contributed by atoms with Crippen LogP contribution in [0.5, 0.6) is 0 Å². The lowest BCUT2D eigenvalue weighted by molar-refractivity contribution is -0.0966. The van der Waals surface area contributed by atoms with Gasteiger partial charge in [-0.1, -0.05) is 17.7 Å². The molecule has 1 aromatic carbocycles. The van der Waals surface area contributed by atoms with Crippen molar-refractivity contribution in [3.05, 3.63) is 34.8 Å². The summed E-state index contributed by atoms with van der Waals surface area (Å²) in [5.74, 6) is 0.960. The van der Waals surface area contributed by atoms with E-state index < -0.39 is 6.09 Å². The molecule has 1 aliphatic rings. The van der Waals surface area contributed by atoms with E-state index in [0.29, 0.717) is 26.2 Å². The number of carbonyl (C=O) groups is 1. The van der Waals surface area contributed by atoms with Crippen molar-refractivity contribution in [3.63, 3.8) is 0 Å². The van der Waals surface area contributed by atoms with Crippen LogP contribution in [0.2, 0.25) is 0 Å². The number of amides is 1. The summed E-state index contributed by atoms with van der Waals surface area (Å²) in [7, 11) is 0. The van der Waals surface area contributed by atoms with Gasteiger partial charge in [0.2, 0.25) is 5.95 Å². The van der Waals surface area contributed by atoms with Gasteiger partial charge in [0.05, 0.1) is 18.6 Å². The number of rotatable bonds is 3. The number of nitrogens with two attached hydrogens (primary N) is 1. The molecule has 1 fully saturated rings. The number of fused-ring (bicyclic) bond motifs is 1. The standard InChI is InChI=1S/C18H21N7O2S/c1-11-3-4-13(12(2)9-11)21-18(26)27-25-7-5-24(6-8-25)15-14-16(28-10-20-14)23-17(19)22-15/h3-4,9-10H,5-8H2,1-2H3,(H,21,26)(H2,19,22,23). The van der Waals surface area contributed by atoms with Crippen LogP contribution < -0.4 is 16.0 Å². The van der Waals surface area contributed by atoms with Crippen LogP contribution in [-0.4, -0.2) is 52.3 Å². The van der Waals surface area contributed by atoms with Crippen molar-refractivity contribution in [1.82, 2.24) is 20.0 Å². The molecule has 146 valence electrons. The molecule has 28 heavy (non-hydrogen) atoms. The zero-order valence-corrected chi connectivity index (χ0v) is 16.5. The third kappa shape index (κ3) is 3.82. The van der Waals surface area contributed by atoms with E-state index >= 15 is 0 Å². The SMILES string of the molecule is Cc1ccc(NC(=O)ON2CCN(c3nc(N)nc4scnc34)CC2)c(C)c1. The molecule has 0 unspecified atom stereocenters. The van der Waals surface area contributed by atoms with Gasteiger partial charge in [-0.25, -0.2) is 14.8 Å². The fraction of sp³-hybridized carbons (Fsp3) is 0.333. The molecule has 4 rings (SSSR count). The van der Waals surface area contributed by atoms with E-state index in [9.17, 15) is 4.79 Å². The molecule has 1 amide bonds. The van der Waals surface area contributed by atoms with E-state index in [0.717, 1.165) is 33.0 Å². The number of aryl methyl sites for hydroxylation is 2. The van der Waals surface area contributed by atoms with Crippen LogP contribution in [0.25, 0.3) is 10.3 Å². The Balaban J connectivity index is 1.36. The summed E-state index contributed by atoms with van der Waals surface area (Å²) in [5, 5.41) is 4.44. The van der Waals surface area contributed by atoms with Crippen molar-refractivity contribution in [2.75, 3.05) is 42.1 Å². The highest BCUT2D eigenvalue weighted by molar-refractivity contribution is 7.16. The minimum atomic E-state index is -0.492. The molecule has 0 atom stereocenters. The molecule has 1 saturated heterocycles. The van der Waals surface area contributed by atoms with Crippen molar-refractivity contribution < 1.29 is 9.63 Å². The number of anilines is 3. The number of nitrogens with zero attached hydrogens (tertiary/aromatic N) is 5. The third-order valence-corrected chi connectivity index (χ3v) is 5.28. The Hall–Kier alpha value is -2.98. The van der Waals surface area contributed by atoms with Gasteiger partial charge in [-0.15, -0.1) is 16.4 Å². The summed E-state index contributed by atoms with van der Waals surface area (Å²) in [6, 6.07) is 5.84. The number of piperazine rings is 1. The van der Waals surface area contributed by atoms with Crippen LogP contribution in [0.15, 0.2) is 23.7 Å². The smallest absolute Gasteiger partial charge is 0.368 e. The quantitative estimate of drug-likeness (QED) is 0.692. The first kappa shape index (κ1) is 18.4. The number of benzene rings is 1. The van der Waals surface area contributed by atoms with E-state index in [1.807, 2.05) is 32.0 Å². The monoisotopic (exact) mass is 399 g/mol. The second-order valence-electron chi connectivity index (χ2n) is 6.65. The third-order valence-electron chi connectivity index (χ3n) is 4.57. The van der Waals surface area contributed by atoms with Gasteiger partial charge in [0.1, 0.15) is 5.52 Å². The molecular weight excluding hydrogens is 378 g/mol. The number of aromatic nitrogens is 3. The average Bonchev–Trinajstić information content (AvgIpc) is 3.12. The highest BCUT2D eigenvalue weighted by atomic mass is 32.1. The molecule has 3 heterocycles.